The van der Waals surface area contributed by atoms with Gasteiger partial charge >= 0.3 is 6.03 Å². The van der Waals surface area contributed by atoms with Crippen LogP contribution in [0.4, 0.5) is 10.6 Å². The van der Waals surface area contributed by atoms with Crippen molar-refractivity contribution in [2.75, 3.05) is 5.32 Å². The molecule has 3 N–H and O–H groups in total. The van der Waals surface area contributed by atoms with Crippen molar-refractivity contribution >= 4 is 45.2 Å². The molecule has 1 aliphatic rings. The molecular formula is C20H22N4O2S2. The number of thioether (sulfide) groups is 1. The highest BCUT2D eigenvalue weighted by Gasteiger charge is 2.33. The summed E-state index contributed by atoms with van der Waals surface area (Å²) in [7, 11) is 0. The Kier molecular flexibility index (Phi) is 5.27. The number of nitrogens with one attached hydrogen (secondary N) is 1. The number of ether oxygens (including phenoxy) is 1. The molecule has 0 saturated carbocycles. The number of amides is 2. The van der Waals surface area contributed by atoms with Gasteiger partial charge in [-0.05, 0) is 24.5 Å². The zero-order chi connectivity index (χ0) is 19.7. The van der Waals surface area contributed by atoms with Crippen molar-refractivity contribution < 1.29 is 9.53 Å². The number of benzene rings is 1. The van der Waals surface area contributed by atoms with Gasteiger partial charge in [0.15, 0.2) is 5.16 Å². The van der Waals surface area contributed by atoms with Crippen LogP contribution in [0.1, 0.15) is 36.3 Å². The lowest BCUT2D eigenvalue weighted by Crippen LogP contribution is -2.34. The summed E-state index contributed by atoms with van der Waals surface area (Å²) in [6, 6.07) is 9.54. The first-order valence-electron chi connectivity index (χ1n) is 9.17. The molecule has 1 aliphatic heterocycles. The zero-order valence-corrected chi connectivity index (χ0v) is 17.5. The minimum atomic E-state index is -0.621. The minimum absolute atomic E-state index is 0.217. The average molecular weight is 415 g/mol. The summed E-state index contributed by atoms with van der Waals surface area (Å²) in [6.07, 6.45) is 1.68. The Morgan fingerprint density at radius 2 is 2.14 bits per heavy atom. The Morgan fingerprint density at radius 3 is 2.86 bits per heavy atom. The molecule has 6 nitrogen and oxygen atoms in total. The lowest BCUT2D eigenvalue weighted by atomic mass is 9.90. The molecule has 2 amide bonds. The van der Waals surface area contributed by atoms with Crippen LogP contribution in [0.3, 0.4) is 0 Å². The predicted octanol–water partition coefficient (Wildman–Crippen LogP) is 4.72. The van der Waals surface area contributed by atoms with Crippen molar-refractivity contribution in [2.45, 2.75) is 49.8 Å². The van der Waals surface area contributed by atoms with Crippen molar-refractivity contribution in [3.63, 3.8) is 0 Å². The summed E-state index contributed by atoms with van der Waals surface area (Å²) in [5.74, 6) is 1.25. The summed E-state index contributed by atoms with van der Waals surface area (Å²) in [6.45, 7) is 4.80. The molecule has 0 saturated heterocycles. The molecule has 1 atom stereocenters. The lowest BCUT2D eigenvalue weighted by Gasteiger charge is -2.33. The Labute approximate surface area is 171 Å². The summed E-state index contributed by atoms with van der Waals surface area (Å²) in [5, 5.41) is 4.23. The molecule has 0 spiro atoms. The van der Waals surface area contributed by atoms with Crippen LogP contribution in [-0.2, 0) is 23.5 Å². The SMILES string of the molecule is CCC1(C)Cc2c(sc3nc(SCc4ccccc4)nc(NC(N)=O)c23)CO1. The van der Waals surface area contributed by atoms with Gasteiger partial charge < -0.3 is 10.5 Å². The van der Waals surface area contributed by atoms with Gasteiger partial charge in [-0.1, -0.05) is 49.0 Å². The van der Waals surface area contributed by atoms with Crippen LogP contribution in [0.2, 0.25) is 0 Å². The molecule has 28 heavy (non-hydrogen) atoms. The van der Waals surface area contributed by atoms with E-state index < -0.39 is 6.03 Å². The molecule has 0 radical (unpaired) electrons. The van der Waals surface area contributed by atoms with Crippen LogP contribution in [0.15, 0.2) is 35.5 Å². The van der Waals surface area contributed by atoms with Gasteiger partial charge in [0.1, 0.15) is 10.6 Å². The van der Waals surface area contributed by atoms with Gasteiger partial charge in [-0.15, -0.1) is 11.3 Å². The van der Waals surface area contributed by atoms with Crippen LogP contribution >= 0.6 is 23.1 Å². The first-order valence-corrected chi connectivity index (χ1v) is 11.0. The van der Waals surface area contributed by atoms with E-state index in [0.29, 0.717) is 17.6 Å². The first-order chi connectivity index (χ1) is 13.5. The summed E-state index contributed by atoms with van der Waals surface area (Å²) >= 11 is 3.15. The van der Waals surface area contributed by atoms with Crippen molar-refractivity contribution in [3.8, 4) is 0 Å². The predicted molar refractivity (Wildman–Crippen MR) is 114 cm³/mol. The van der Waals surface area contributed by atoms with Crippen molar-refractivity contribution in [1.82, 2.24) is 9.97 Å². The first kappa shape index (κ1) is 19.2. The number of carbonyl (C=O) groups excluding carboxylic acids is 1. The third-order valence-electron chi connectivity index (χ3n) is 5.02. The maximum Gasteiger partial charge on any atom is 0.317 e. The second-order valence-corrected chi connectivity index (χ2v) is 9.10. The van der Waals surface area contributed by atoms with Gasteiger partial charge in [-0.2, -0.15) is 0 Å². The number of nitrogens with zero attached hydrogens (tertiary/aromatic N) is 2. The Hall–Kier alpha value is -2.16. The number of anilines is 1. The molecule has 4 rings (SSSR count). The van der Waals surface area contributed by atoms with Gasteiger partial charge in [0.2, 0.25) is 0 Å². The van der Waals surface area contributed by atoms with Crippen LogP contribution in [0, 0.1) is 0 Å². The highest BCUT2D eigenvalue weighted by atomic mass is 32.2. The monoisotopic (exact) mass is 414 g/mol. The van der Waals surface area contributed by atoms with Crippen molar-refractivity contribution in [3.05, 3.63) is 46.3 Å². The van der Waals surface area contributed by atoms with Crippen molar-refractivity contribution in [2.24, 2.45) is 5.73 Å². The highest BCUT2D eigenvalue weighted by molar-refractivity contribution is 7.98. The van der Waals surface area contributed by atoms with Gasteiger partial charge in [0, 0.05) is 17.1 Å². The highest BCUT2D eigenvalue weighted by Crippen LogP contribution is 2.42. The fourth-order valence-corrected chi connectivity index (χ4v) is 5.23. The number of hydrogen-bond donors (Lipinski definition) is 2. The summed E-state index contributed by atoms with van der Waals surface area (Å²) < 4.78 is 6.07. The van der Waals surface area contributed by atoms with Gasteiger partial charge in [0.25, 0.3) is 0 Å². The number of rotatable bonds is 5. The number of aromatic nitrogens is 2. The summed E-state index contributed by atoms with van der Waals surface area (Å²) in [4.78, 5) is 23.0. The fourth-order valence-electron chi connectivity index (χ4n) is 3.27. The van der Waals surface area contributed by atoms with Gasteiger partial charge in [-0.3, -0.25) is 5.32 Å². The van der Waals surface area contributed by atoms with E-state index in [0.717, 1.165) is 33.7 Å². The number of carbonyl (C=O) groups is 1. The fraction of sp³-hybridized carbons (Fsp3) is 0.350. The molecule has 0 aliphatic carbocycles. The van der Waals surface area contributed by atoms with Gasteiger partial charge in [0.05, 0.1) is 17.6 Å². The van der Waals surface area contributed by atoms with Crippen LogP contribution < -0.4 is 11.1 Å². The second-order valence-electron chi connectivity index (χ2n) is 7.07. The molecule has 146 valence electrons. The number of hydrogen-bond acceptors (Lipinski definition) is 6. The lowest BCUT2D eigenvalue weighted by molar-refractivity contribution is -0.0542. The Morgan fingerprint density at radius 1 is 1.36 bits per heavy atom. The Balaban J connectivity index is 1.73. The van der Waals surface area contributed by atoms with Crippen molar-refractivity contribution in [1.29, 1.82) is 0 Å². The van der Waals surface area contributed by atoms with E-state index in [1.807, 2.05) is 18.2 Å². The standard InChI is InChI=1S/C20H22N4O2S2/c1-3-20(2)9-13-14(10-26-20)28-17-15(13)16(22-18(21)25)23-19(24-17)27-11-12-7-5-4-6-8-12/h4-8H,3,9-11H2,1-2H3,(H3,21,22,23,24,25). The molecule has 2 aromatic heterocycles. The molecule has 0 fully saturated rings. The van der Waals surface area contributed by atoms with E-state index in [4.69, 9.17) is 15.5 Å². The van der Waals surface area contributed by atoms with Gasteiger partial charge in [-0.25, -0.2) is 14.8 Å². The molecule has 0 bridgehead atoms. The number of urea groups is 1. The maximum absolute atomic E-state index is 11.6. The number of thiophene rings is 1. The molecule has 3 aromatic rings. The molecular weight excluding hydrogens is 392 g/mol. The van der Waals surface area contributed by atoms with Crippen LogP contribution in [-0.4, -0.2) is 21.6 Å². The number of primary amides is 1. The molecule has 3 heterocycles. The molecule has 8 heteroatoms. The summed E-state index contributed by atoms with van der Waals surface area (Å²) in [5.41, 5.74) is 7.56. The van der Waals surface area contributed by atoms with E-state index in [1.54, 1.807) is 23.1 Å². The molecule has 1 unspecified atom stereocenters. The van der Waals surface area contributed by atoms with E-state index >= 15 is 0 Å². The van der Waals surface area contributed by atoms with E-state index in [2.05, 4.69) is 36.3 Å². The van der Waals surface area contributed by atoms with Crippen LogP contribution in [0.5, 0.6) is 0 Å². The largest absolute Gasteiger partial charge is 0.369 e. The Bertz CT molecular complexity index is 1020. The van der Waals surface area contributed by atoms with E-state index in [9.17, 15) is 4.79 Å². The topological polar surface area (TPSA) is 90.1 Å². The normalized spacial score (nSPS) is 18.8. The molecule has 1 aromatic carbocycles. The third kappa shape index (κ3) is 3.85. The number of fused-ring (bicyclic) bond motifs is 3. The number of nitrogens with two attached hydrogens (primary N) is 1. The zero-order valence-electron chi connectivity index (χ0n) is 15.8. The van der Waals surface area contributed by atoms with E-state index in [-0.39, 0.29) is 5.60 Å². The quantitative estimate of drug-likeness (QED) is 0.466. The average Bonchev–Trinajstić information content (AvgIpc) is 3.04. The van der Waals surface area contributed by atoms with Crippen LogP contribution in [0.25, 0.3) is 10.2 Å². The van der Waals surface area contributed by atoms with E-state index in [1.165, 1.54) is 11.1 Å². The maximum atomic E-state index is 11.6. The third-order valence-corrected chi connectivity index (χ3v) is 7.03. The minimum Gasteiger partial charge on any atom is -0.369 e. The second kappa shape index (κ2) is 7.69. The smallest absolute Gasteiger partial charge is 0.317 e.